The van der Waals surface area contributed by atoms with E-state index in [1.54, 1.807) is 0 Å². The Morgan fingerprint density at radius 1 is 0.373 bits per heavy atom. The lowest BCUT2D eigenvalue weighted by Crippen LogP contribution is -2.28. The number of hydrogen-bond donors (Lipinski definition) is 0. The molecule has 0 aliphatic heterocycles. The standard InChI is InChI=1S/C49H33NS/c1-4-16-34(17-5-1)35-18-14-23-38(32-35)50(37-21-8-3-9-22-37)39-30-31-46-42(33-39)48-45(28-15-29-47(48)51-46)49(36-19-6-2-7-20-36)43-26-12-10-24-40(43)41-25-11-13-27-44(41)49/h1-33H. The molecule has 0 amide bonds. The van der Waals surface area contributed by atoms with Gasteiger partial charge in [-0.05, 0) is 93.0 Å². The van der Waals surface area contributed by atoms with E-state index < -0.39 is 5.41 Å². The highest BCUT2D eigenvalue weighted by atomic mass is 32.1. The van der Waals surface area contributed by atoms with Crippen molar-refractivity contribution in [3.8, 4) is 22.3 Å². The van der Waals surface area contributed by atoms with Crippen molar-refractivity contribution in [1.82, 2.24) is 0 Å². The second-order valence-corrected chi connectivity index (χ2v) is 14.3. The zero-order chi connectivity index (χ0) is 33.8. The summed E-state index contributed by atoms with van der Waals surface area (Å²) in [7, 11) is 0. The summed E-state index contributed by atoms with van der Waals surface area (Å²) in [6, 6.07) is 73.4. The van der Waals surface area contributed by atoms with Crippen molar-refractivity contribution in [2.45, 2.75) is 5.41 Å². The molecule has 0 fully saturated rings. The second kappa shape index (κ2) is 12.0. The van der Waals surface area contributed by atoms with Crippen molar-refractivity contribution < 1.29 is 0 Å². The largest absolute Gasteiger partial charge is 0.310 e. The van der Waals surface area contributed by atoms with Crippen LogP contribution in [0, 0.1) is 0 Å². The van der Waals surface area contributed by atoms with E-state index in [2.05, 4.69) is 205 Å². The first-order chi connectivity index (χ1) is 25.3. The van der Waals surface area contributed by atoms with Crippen molar-refractivity contribution >= 4 is 48.6 Å². The van der Waals surface area contributed by atoms with Crippen LogP contribution in [0.2, 0.25) is 0 Å². The molecule has 0 N–H and O–H groups in total. The van der Waals surface area contributed by atoms with E-state index >= 15 is 0 Å². The topological polar surface area (TPSA) is 3.24 Å². The summed E-state index contributed by atoms with van der Waals surface area (Å²) in [6.07, 6.45) is 0. The molecule has 0 spiro atoms. The Bertz CT molecular complexity index is 2650. The normalized spacial score (nSPS) is 12.9. The molecule has 1 heterocycles. The Morgan fingerprint density at radius 2 is 0.922 bits per heavy atom. The smallest absolute Gasteiger partial charge is 0.0720 e. The van der Waals surface area contributed by atoms with Gasteiger partial charge in [-0.25, -0.2) is 0 Å². The third kappa shape index (κ3) is 4.61. The van der Waals surface area contributed by atoms with Gasteiger partial charge in [0, 0.05) is 37.2 Å². The predicted octanol–water partition coefficient (Wildman–Crippen LogP) is 13.6. The number of hydrogen-bond acceptors (Lipinski definition) is 2. The third-order valence-corrected chi connectivity index (χ3v) is 11.7. The van der Waals surface area contributed by atoms with E-state index in [1.807, 2.05) is 11.3 Å². The zero-order valence-electron chi connectivity index (χ0n) is 27.9. The maximum atomic E-state index is 2.42. The summed E-state index contributed by atoms with van der Waals surface area (Å²) in [5.41, 5.74) is 13.2. The van der Waals surface area contributed by atoms with Crippen molar-refractivity contribution in [3.05, 3.63) is 222 Å². The van der Waals surface area contributed by atoms with Crippen LogP contribution in [0.1, 0.15) is 22.3 Å². The van der Waals surface area contributed by atoms with Crippen LogP contribution in [0.25, 0.3) is 42.4 Å². The molecule has 10 rings (SSSR count). The molecule has 8 aromatic carbocycles. The van der Waals surface area contributed by atoms with E-state index in [0.717, 1.165) is 17.1 Å². The summed E-state index contributed by atoms with van der Waals surface area (Å²) in [5.74, 6) is 0. The van der Waals surface area contributed by atoms with Crippen molar-refractivity contribution in [2.24, 2.45) is 0 Å². The van der Waals surface area contributed by atoms with Gasteiger partial charge in [0.05, 0.1) is 5.41 Å². The van der Waals surface area contributed by atoms with E-state index in [0.29, 0.717) is 0 Å². The quantitative estimate of drug-likeness (QED) is 0.171. The van der Waals surface area contributed by atoms with Crippen LogP contribution in [-0.4, -0.2) is 0 Å². The molecule has 1 aliphatic rings. The van der Waals surface area contributed by atoms with Gasteiger partial charge in [0.2, 0.25) is 0 Å². The highest BCUT2D eigenvalue weighted by Crippen LogP contribution is 2.58. The predicted molar refractivity (Wildman–Crippen MR) is 217 cm³/mol. The van der Waals surface area contributed by atoms with Crippen LogP contribution >= 0.6 is 11.3 Å². The first-order valence-corrected chi connectivity index (χ1v) is 18.3. The Hall–Kier alpha value is -6.22. The maximum absolute atomic E-state index is 2.42. The Kier molecular flexibility index (Phi) is 6.97. The summed E-state index contributed by atoms with van der Waals surface area (Å²) in [5, 5.41) is 2.60. The van der Waals surface area contributed by atoms with Gasteiger partial charge in [0.25, 0.3) is 0 Å². The molecule has 240 valence electrons. The first kappa shape index (κ1) is 29.7. The SMILES string of the molecule is c1ccc(-c2cccc(N(c3ccccc3)c3ccc4sc5cccc(C6(c7ccccc7)c7ccccc7-c7ccccc76)c5c4c3)c2)cc1. The molecule has 0 saturated heterocycles. The van der Waals surface area contributed by atoms with Gasteiger partial charge in [-0.2, -0.15) is 0 Å². The molecule has 1 nitrogen and oxygen atoms in total. The van der Waals surface area contributed by atoms with Crippen LogP contribution < -0.4 is 4.90 Å². The van der Waals surface area contributed by atoms with Gasteiger partial charge < -0.3 is 4.90 Å². The van der Waals surface area contributed by atoms with E-state index in [9.17, 15) is 0 Å². The molecule has 1 aromatic heterocycles. The molecule has 0 radical (unpaired) electrons. The minimum atomic E-state index is -0.471. The zero-order valence-corrected chi connectivity index (χ0v) is 28.7. The van der Waals surface area contributed by atoms with Crippen molar-refractivity contribution in [3.63, 3.8) is 0 Å². The minimum Gasteiger partial charge on any atom is -0.310 e. The van der Waals surface area contributed by atoms with E-state index in [-0.39, 0.29) is 0 Å². The summed E-state index contributed by atoms with van der Waals surface area (Å²) in [4.78, 5) is 2.39. The number of benzene rings is 8. The molecule has 2 heteroatoms. The highest BCUT2D eigenvalue weighted by Gasteiger charge is 2.46. The first-order valence-electron chi connectivity index (χ1n) is 17.5. The van der Waals surface area contributed by atoms with Gasteiger partial charge in [0.15, 0.2) is 0 Å². The number of para-hydroxylation sites is 1. The average molecular weight is 668 g/mol. The highest BCUT2D eigenvalue weighted by molar-refractivity contribution is 7.25. The lowest BCUT2D eigenvalue weighted by atomic mass is 9.66. The fourth-order valence-electron chi connectivity index (χ4n) is 8.43. The van der Waals surface area contributed by atoms with Gasteiger partial charge in [-0.3, -0.25) is 0 Å². The fraction of sp³-hybridized carbons (Fsp3) is 0.0204. The van der Waals surface area contributed by atoms with Crippen molar-refractivity contribution in [2.75, 3.05) is 4.90 Å². The number of thiophene rings is 1. The van der Waals surface area contributed by atoms with Gasteiger partial charge >= 0.3 is 0 Å². The lowest BCUT2D eigenvalue weighted by Gasteiger charge is -2.34. The van der Waals surface area contributed by atoms with Crippen molar-refractivity contribution in [1.29, 1.82) is 0 Å². The van der Waals surface area contributed by atoms with Crippen LogP contribution in [0.15, 0.2) is 200 Å². The number of anilines is 3. The monoisotopic (exact) mass is 667 g/mol. The fourth-order valence-corrected chi connectivity index (χ4v) is 9.54. The Labute approximate surface area is 302 Å². The number of rotatable bonds is 6. The van der Waals surface area contributed by atoms with Crippen LogP contribution in [0.3, 0.4) is 0 Å². The third-order valence-electron chi connectivity index (χ3n) is 10.5. The second-order valence-electron chi connectivity index (χ2n) is 13.3. The molecule has 0 unspecified atom stereocenters. The van der Waals surface area contributed by atoms with Gasteiger partial charge in [-0.15, -0.1) is 11.3 Å². The molecule has 0 saturated carbocycles. The van der Waals surface area contributed by atoms with Gasteiger partial charge in [0.1, 0.15) is 0 Å². The van der Waals surface area contributed by atoms with Crippen LogP contribution in [-0.2, 0) is 5.41 Å². The molecule has 51 heavy (non-hydrogen) atoms. The van der Waals surface area contributed by atoms with E-state index in [4.69, 9.17) is 0 Å². The Morgan fingerprint density at radius 3 is 1.65 bits per heavy atom. The molecule has 0 bridgehead atoms. The van der Waals surface area contributed by atoms with Crippen LogP contribution in [0.5, 0.6) is 0 Å². The van der Waals surface area contributed by atoms with E-state index in [1.165, 1.54) is 64.7 Å². The summed E-state index contributed by atoms with van der Waals surface area (Å²) < 4.78 is 2.59. The Balaban J connectivity index is 1.25. The molecule has 0 atom stereocenters. The maximum Gasteiger partial charge on any atom is 0.0720 e. The molecular formula is C49H33NS. The van der Waals surface area contributed by atoms with Gasteiger partial charge in [-0.1, -0.05) is 152 Å². The van der Waals surface area contributed by atoms with Crippen LogP contribution in [0.4, 0.5) is 17.1 Å². The minimum absolute atomic E-state index is 0.471. The number of nitrogens with zero attached hydrogens (tertiary/aromatic N) is 1. The number of fused-ring (bicyclic) bond motifs is 6. The molecule has 9 aromatic rings. The summed E-state index contributed by atoms with van der Waals surface area (Å²) >= 11 is 1.88. The lowest BCUT2D eigenvalue weighted by molar-refractivity contribution is 0.777. The average Bonchev–Trinajstić information content (AvgIpc) is 3.73. The molecular weight excluding hydrogens is 635 g/mol. The molecule has 1 aliphatic carbocycles. The summed E-state index contributed by atoms with van der Waals surface area (Å²) in [6.45, 7) is 0.